The maximum absolute atomic E-state index is 2.42. The van der Waals surface area contributed by atoms with Crippen LogP contribution in [-0.4, -0.2) is 0 Å². The van der Waals surface area contributed by atoms with E-state index in [1.165, 1.54) is 48.1 Å². The van der Waals surface area contributed by atoms with Gasteiger partial charge in [-0.1, -0.05) is 63.3 Å². The van der Waals surface area contributed by atoms with Crippen molar-refractivity contribution in [1.29, 1.82) is 0 Å². The van der Waals surface area contributed by atoms with E-state index >= 15 is 0 Å². The summed E-state index contributed by atoms with van der Waals surface area (Å²) in [6.07, 6.45) is 5.41. The first-order valence-corrected chi connectivity index (χ1v) is 10.7. The van der Waals surface area contributed by atoms with Gasteiger partial charge in [-0.2, -0.15) is 0 Å². The summed E-state index contributed by atoms with van der Waals surface area (Å²) in [6, 6.07) is 20.7. The molecule has 0 N–H and O–H groups in total. The molecule has 0 saturated heterocycles. The minimum absolute atomic E-state index is 0.0391. The fraction of sp³-hybridized carbons (Fsp3) is 0.231. The van der Waals surface area contributed by atoms with Crippen molar-refractivity contribution in [2.24, 2.45) is 0 Å². The van der Waals surface area contributed by atoms with Gasteiger partial charge in [0.2, 0.25) is 0 Å². The van der Waals surface area contributed by atoms with Gasteiger partial charge in [0.1, 0.15) is 0 Å². The van der Waals surface area contributed by atoms with E-state index in [1.807, 2.05) is 0 Å². The maximum Gasteiger partial charge on any atom is 0.0159 e. The summed E-state index contributed by atoms with van der Waals surface area (Å²) in [5, 5.41) is 0. The molecule has 0 radical (unpaired) electrons. The van der Waals surface area contributed by atoms with E-state index < -0.39 is 0 Å². The van der Waals surface area contributed by atoms with Crippen LogP contribution < -0.4 is 0 Å². The zero-order chi connectivity index (χ0) is 19.2. The normalized spacial score (nSPS) is 14.4. The van der Waals surface area contributed by atoms with Gasteiger partial charge in [-0.15, -0.1) is 0 Å². The number of halogens is 1. The van der Waals surface area contributed by atoms with Gasteiger partial charge in [-0.3, -0.25) is 0 Å². The van der Waals surface area contributed by atoms with E-state index in [1.54, 1.807) is 0 Å². The molecule has 0 nitrogen and oxygen atoms in total. The summed E-state index contributed by atoms with van der Waals surface area (Å²) in [6.45, 7) is 9.01. The van der Waals surface area contributed by atoms with Gasteiger partial charge < -0.3 is 0 Å². The standard InChI is InChI=1S/C26H25I/c1-5-7-18-14-19(9-8-17(18)6-2)20-10-12-22-23-13-11-21(27)16-25(23)26(3,4)24(22)15-20/h5,7-16H,6H2,1-4H3/b7-5-. The Labute approximate surface area is 176 Å². The summed E-state index contributed by atoms with van der Waals surface area (Å²) < 4.78 is 1.30. The predicted octanol–water partition coefficient (Wildman–Crippen LogP) is 7.86. The van der Waals surface area contributed by atoms with Gasteiger partial charge in [0, 0.05) is 8.99 Å². The van der Waals surface area contributed by atoms with E-state index in [0.717, 1.165) is 6.42 Å². The fourth-order valence-electron chi connectivity index (χ4n) is 4.32. The molecule has 0 aliphatic heterocycles. The molecule has 0 heterocycles. The first-order valence-electron chi connectivity index (χ1n) is 9.66. The van der Waals surface area contributed by atoms with E-state index in [2.05, 4.69) is 117 Å². The number of hydrogen-bond donors (Lipinski definition) is 0. The molecule has 0 aromatic heterocycles. The number of hydrogen-bond acceptors (Lipinski definition) is 0. The van der Waals surface area contributed by atoms with Crippen LogP contribution in [0.1, 0.15) is 49.9 Å². The lowest BCUT2D eigenvalue weighted by atomic mass is 9.81. The summed E-state index contributed by atoms with van der Waals surface area (Å²) in [7, 11) is 0. The molecule has 1 heteroatoms. The molecule has 0 fully saturated rings. The Bertz CT molecular complexity index is 1050. The van der Waals surface area contributed by atoms with Gasteiger partial charge in [0.25, 0.3) is 0 Å². The second-order valence-electron chi connectivity index (χ2n) is 7.84. The SMILES string of the molecule is C/C=C\c1cc(-c2ccc3c(c2)C(C)(C)c2cc(I)ccc2-3)ccc1CC. The molecule has 1 aliphatic carbocycles. The van der Waals surface area contributed by atoms with Gasteiger partial charge in [-0.25, -0.2) is 0 Å². The molecule has 0 bridgehead atoms. The molecular weight excluding hydrogens is 439 g/mol. The Kier molecular flexibility index (Phi) is 4.75. The van der Waals surface area contributed by atoms with Crippen molar-refractivity contribution in [2.45, 2.75) is 39.5 Å². The van der Waals surface area contributed by atoms with Crippen LogP contribution in [0.4, 0.5) is 0 Å². The molecule has 27 heavy (non-hydrogen) atoms. The molecule has 3 aromatic carbocycles. The van der Waals surface area contributed by atoms with Crippen LogP contribution >= 0.6 is 22.6 Å². The second-order valence-corrected chi connectivity index (χ2v) is 9.09. The zero-order valence-electron chi connectivity index (χ0n) is 16.4. The summed E-state index contributed by atoms with van der Waals surface area (Å²) >= 11 is 2.42. The zero-order valence-corrected chi connectivity index (χ0v) is 18.6. The van der Waals surface area contributed by atoms with Gasteiger partial charge in [0.05, 0.1) is 0 Å². The molecule has 0 saturated carbocycles. The topological polar surface area (TPSA) is 0 Å². The van der Waals surface area contributed by atoms with Crippen LogP contribution in [0.25, 0.3) is 28.3 Å². The maximum atomic E-state index is 2.42. The number of benzene rings is 3. The highest BCUT2D eigenvalue weighted by molar-refractivity contribution is 14.1. The third kappa shape index (κ3) is 3.06. The van der Waals surface area contributed by atoms with Crippen LogP contribution in [-0.2, 0) is 11.8 Å². The third-order valence-electron chi connectivity index (χ3n) is 5.84. The highest BCUT2D eigenvalue weighted by Crippen LogP contribution is 2.50. The molecule has 0 spiro atoms. The van der Waals surface area contributed by atoms with Crippen molar-refractivity contribution in [3.05, 3.63) is 86.5 Å². The largest absolute Gasteiger partial charge is 0.0871 e. The van der Waals surface area contributed by atoms with Crippen molar-refractivity contribution >= 4 is 28.7 Å². The summed E-state index contributed by atoms with van der Waals surface area (Å²) in [5.74, 6) is 0. The first-order chi connectivity index (χ1) is 13.0. The Morgan fingerprint density at radius 2 is 1.48 bits per heavy atom. The second kappa shape index (κ2) is 6.94. The number of fused-ring (bicyclic) bond motifs is 3. The number of aryl methyl sites for hydroxylation is 1. The average Bonchev–Trinajstić information content (AvgIpc) is 2.89. The highest BCUT2D eigenvalue weighted by Gasteiger charge is 2.35. The summed E-state index contributed by atoms with van der Waals surface area (Å²) in [4.78, 5) is 0. The van der Waals surface area contributed by atoms with Crippen LogP contribution in [0, 0.1) is 3.57 Å². The predicted molar refractivity (Wildman–Crippen MR) is 126 cm³/mol. The van der Waals surface area contributed by atoms with Crippen LogP contribution in [0.15, 0.2) is 60.7 Å². The monoisotopic (exact) mass is 464 g/mol. The lowest BCUT2D eigenvalue weighted by Gasteiger charge is -2.22. The van der Waals surface area contributed by atoms with E-state index in [9.17, 15) is 0 Å². The Hall–Kier alpha value is -1.87. The Balaban J connectivity index is 1.85. The van der Waals surface area contributed by atoms with Gasteiger partial charge >= 0.3 is 0 Å². The lowest BCUT2D eigenvalue weighted by Crippen LogP contribution is -2.15. The minimum Gasteiger partial charge on any atom is -0.0871 e. The van der Waals surface area contributed by atoms with Crippen molar-refractivity contribution in [2.75, 3.05) is 0 Å². The van der Waals surface area contributed by atoms with Crippen molar-refractivity contribution in [1.82, 2.24) is 0 Å². The lowest BCUT2D eigenvalue weighted by molar-refractivity contribution is 0.660. The number of rotatable bonds is 3. The molecule has 0 amide bonds. The first kappa shape index (κ1) is 18.5. The van der Waals surface area contributed by atoms with Gasteiger partial charge in [0.15, 0.2) is 0 Å². The quantitative estimate of drug-likeness (QED) is 0.346. The average molecular weight is 464 g/mol. The van der Waals surface area contributed by atoms with Crippen LogP contribution in [0.2, 0.25) is 0 Å². The molecular formula is C26H25I. The Morgan fingerprint density at radius 3 is 2.19 bits per heavy atom. The van der Waals surface area contributed by atoms with Gasteiger partial charge in [-0.05, 0) is 105 Å². The smallest absolute Gasteiger partial charge is 0.0159 e. The molecule has 0 unspecified atom stereocenters. The molecule has 4 rings (SSSR count). The minimum atomic E-state index is 0.0391. The molecule has 0 atom stereocenters. The van der Waals surface area contributed by atoms with Crippen LogP contribution in [0.3, 0.4) is 0 Å². The van der Waals surface area contributed by atoms with E-state index in [4.69, 9.17) is 0 Å². The van der Waals surface area contributed by atoms with Crippen molar-refractivity contribution in [3.8, 4) is 22.3 Å². The van der Waals surface area contributed by atoms with Crippen molar-refractivity contribution < 1.29 is 0 Å². The Morgan fingerprint density at radius 1 is 0.852 bits per heavy atom. The van der Waals surface area contributed by atoms with E-state index in [0.29, 0.717) is 0 Å². The highest BCUT2D eigenvalue weighted by atomic mass is 127. The molecule has 3 aromatic rings. The van der Waals surface area contributed by atoms with Crippen LogP contribution in [0.5, 0.6) is 0 Å². The molecule has 136 valence electrons. The number of allylic oxidation sites excluding steroid dienone is 1. The summed E-state index contributed by atoms with van der Waals surface area (Å²) in [5.41, 5.74) is 11.0. The molecule has 1 aliphatic rings. The van der Waals surface area contributed by atoms with E-state index in [-0.39, 0.29) is 5.41 Å². The third-order valence-corrected chi connectivity index (χ3v) is 6.52. The fourth-order valence-corrected chi connectivity index (χ4v) is 4.81. The van der Waals surface area contributed by atoms with Crippen molar-refractivity contribution in [3.63, 3.8) is 0 Å².